The van der Waals surface area contributed by atoms with Crippen LogP contribution in [0.25, 0.3) is 11.0 Å². The lowest BCUT2D eigenvalue weighted by Gasteiger charge is -2.13. The number of ether oxygens (including phenoxy) is 1. The lowest BCUT2D eigenvalue weighted by molar-refractivity contribution is -0.384. The first-order valence-electron chi connectivity index (χ1n) is 10.0. The minimum Gasteiger partial charge on any atom is -0.494 e. The van der Waals surface area contributed by atoms with Crippen LogP contribution in [0.1, 0.15) is 12.0 Å². The van der Waals surface area contributed by atoms with E-state index in [2.05, 4.69) is 4.98 Å². The smallest absolute Gasteiger partial charge is 0.332 e. The van der Waals surface area contributed by atoms with E-state index in [1.165, 1.54) is 27.5 Å². The molecule has 4 rings (SSSR count). The minimum atomic E-state index is -0.487. The van der Waals surface area contributed by atoms with Gasteiger partial charge in [0, 0.05) is 24.9 Å². The maximum Gasteiger partial charge on any atom is 0.332 e. The number of rotatable bonds is 8. The second-order valence-electron chi connectivity index (χ2n) is 7.14. The summed E-state index contributed by atoms with van der Waals surface area (Å²) < 4.78 is 8.26. The molecule has 4 aromatic rings. The molecule has 2 aromatic heterocycles. The van der Waals surface area contributed by atoms with Crippen LogP contribution in [0.15, 0.2) is 82.5 Å². The van der Waals surface area contributed by atoms with E-state index in [9.17, 15) is 19.7 Å². The molecular weight excluding hydrogens is 412 g/mol. The highest BCUT2D eigenvalue weighted by molar-refractivity contribution is 5.73. The molecule has 0 aliphatic rings. The van der Waals surface area contributed by atoms with E-state index < -0.39 is 16.2 Å². The fourth-order valence-electron chi connectivity index (χ4n) is 3.42. The molecule has 0 fully saturated rings. The Bertz CT molecular complexity index is 1360. The molecular formula is C23H20N4O5. The van der Waals surface area contributed by atoms with Crippen LogP contribution in [0.2, 0.25) is 0 Å². The number of nitro groups is 1. The van der Waals surface area contributed by atoms with Crippen molar-refractivity contribution in [1.29, 1.82) is 0 Å². The summed E-state index contributed by atoms with van der Waals surface area (Å²) >= 11 is 0. The standard InChI is InChI=1S/C23H20N4O5/c28-22-20-8-4-13-24-21(20)26(16-17-9-11-18(12-10-17)27(30)31)23(29)25(22)14-5-15-32-19-6-2-1-3-7-19/h1-4,6-13H,5,14-16H2. The van der Waals surface area contributed by atoms with E-state index in [4.69, 9.17) is 4.74 Å². The van der Waals surface area contributed by atoms with Crippen molar-refractivity contribution in [3.63, 3.8) is 0 Å². The summed E-state index contributed by atoms with van der Waals surface area (Å²) in [6.45, 7) is 0.671. The Labute approximate surface area is 182 Å². The SMILES string of the molecule is O=c1c2cccnc2n(Cc2ccc([N+](=O)[O-])cc2)c(=O)n1CCCOc1ccccc1. The first-order chi connectivity index (χ1) is 15.5. The Morgan fingerprint density at radius 2 is 1.69 bits per heavy atom. The third-order valence-corrected chi connectivity index (χ3v) is 5.01. The van der Waals surface area contributed by atoms with E-state index >= 15 is 0 Å². The molecule has 0 unspecified atom stereocenters. The van der Waals surface area contributed by atoms with Gasteiger partial charge in [0.1, 0.15) is 11.4 Å². The summed E-state index contributed by atoms with van der Waals surface area (Å²) in [6, 6.07) is 18.5. The van der Waals surface area contributed by atoms with Gasteiger partial charge in [-0.3, -0.25) is 24.0 Å². The van der Waals surface area contributed by atoms with Crippen LogP contribution in [0, 0.1) is 10.1 Å². The van der Waals surface area contributed by atoms with Crippen LogP contribution in [0.4, 0.5) is 5.69 Å². The van der Waals surface area contributed by atoms with E-state index in [1.807, 2.05) is 30.3 Å². The van der Waals surface area contributed by atoms with Gasteiger partial charge in [-0.1, -0.05) is 30.3 Å². The molecule has 162 valence electrons. The van der Waals surface area contributed by atoms with Crippen molar-refractivity contribution in [2.24, 2.45) is 0 Å². The van der Waals surface area contributed by atoms with Gasteiger partial charge in [0.25, 0.3) is 11.2 Å². The lowest BCUT2D eigenvalue weighted by atomic mass is 10.2. The van der Waals surface area contributed by atoms with E-state index in [1.54, 1.807) is 24.3 Å². The largest absolute Gasteiger partial charge is 0.494 e. The van der Waals surface area contributed by atoms with Crippen LogP contribution in [0.3, 0.4) is 0 Å². The quantitative estimate of drug-likeness (QED) is 0.241. The summed E-state index contributed by atoms with van der Waals surface area (Å²) in [5.41, 5.74) is 0.0318. The molecule has 0 saturated heterocycles. The zero-order valence-corrected chi connectivity index (χ0v) is 17.1. The number of hydrogen-bond donors (Lipinski definition) is 0. The van der Waals surface area contributed by atoms with Crippen LogP contribution in [-0.4, -0.2) is 25.6 Å². The first kappa shape index (κ1) is 21.0. The van der Waals surface area contributed by atoms with Gasteiger partial charge in [-0.25, -0.2) is 9.78 Å². The predicted molar refractivity (Wildman–Crippen MR) is 119 cm³/mol. The molecule has 2 aromatic carbocycles. The van der Waals surface area contributed by atoms with Gasteiger partial charge in [0.05, 0.1) is 23.5 Å². The maximum absolute atomic E-state index is 13.2. The molecule has 0 aliphatic carbocycles. The minimum absolute atomic E-state index is 0.0348. The molecule has 9 nitrogen and oxygen atoms in total. The molecule has 0 N–H and O–H groups in total. The average molecular weight is 432 g/mol. The van der Waals surface area contributed by atoms with Crippen molar-refractivity contribution < 1.29 is 9.66 Å². The molecule has 0 radical (unpaired) electrons. The van der Waals surface area contributed by atoms with Crippen molar-refractivity contribution >= 4 is 16.7 Å². The Hall–Kier alpha value is -4.27. The Kier molecular flexibility index (Phi) is 6.07. The predicted octanol–water partition coefficient (Wildman–Crippen LogP) is 2.98. The van der Waals surface area contributed by atoms with Crippen molar-refractivity contribution in [3.8, 4) is 5.75 Å². The van der Waals surface area contributed by atoms with E-state index in [0.29, 0.717) is 24.0 Å². The zero-order valence-electron chi connectivity index (χ0n) is 17.1. The third-order valence-electron chi connectivity index (χ3n) is 5.01. The highest BCUT2D eigenvalue weighted by Gasteiger charge is 2.15. The van der Waals surface area contributed by atoms with E-state index in [-0.39, 0.29) is 24.4 Å². The number of nitro benzene ring substituents is 1. The molecule has 9 heteroatoms. The number of non-ortho nitro benzene ring substituents is 1. The average Bonchev–Trinajstić information content (AvgIpc) is 2.82. The summed E-state index contributed by atoms with van der Waals surface area (Å²) in [5.74, 6) is 0.721. The summed E-state index contributed by atoms with van der Waals surface area (Å²) in [5, 5.41) is 11.2. The normalized spacial score (nSPS) is 10.9. The number of para-hydroxylation sites is 1. The fraction of sp³-hybridized carbons (Fsp3) is 0.174. The summed E-state index contributed by atoms with van der Waals surface area (Å²) in [4.78, 5) is 40.8. The number of hydrogen-bond acceptors (Lipinski definition) is 6. The zero-order chi connectivity index (χ0) is 22.5. The lowest BCUT2D eigenvalue weighted by Crippen LogP contribution is -2.40. The molecule has 2 heterocycles. The van der Waals surface area contributed by atoms with Gasteiger partial charge in [-0.15, -0.1) is 0 Å². The van der Waals surface area contributed by atoms with Crippen LogP contribution in [0.5, 0.6) is 5.75 Å². The summed E-state index contributed by atoms with van der Waals surface area (Å²) in [6.07, 6.45) is 1.99. The van der Waals surface area contributed by atoms with Gasteiger partial charge < -0.3 is 4.74 Å². The van der Waals surface area contributed by atoms with Crippen LogP contribution >= 0.6 is 0 Å². The number of aromatic nitrogens is 3. The van der Waals surface area contributed by atoms with Gasteiger partial charge in [-0.2, -0.15) is 0 Å². The summed E-state index contributed by atoms with van der Waals surface area (Å²) in [7, 11) is 0. The van der Waals surface area contributed by atoms with Gasteiger partial charge in [0.15, 0.2) is 0 Å². The molecule has 0 saturated carbocycles. The molecule has 0 aliphatic heterocycles. The highest BCUT2D eigenvalue weighted by atomic mass is 16.6. The van der Waals surface area contributed by atoms with Gasteiger partial charge >= 0.3 is 5.69 Å². The van der Waals surface area contributed by atoms with Crippen molar-refractivity contribution in [2.45, 2.75) is 19.5 Å². The molecule has 0 amide bonds. The molecule has 32 heavy (non-hydrogen) atoms. The topological polar surface area (TPSA) is 109 Å². The monoisotopic (exact) mass is 432 g/mol. The fourth-order valence-corrected chi connectivity index (χ4v) is 3.42. The second-order valence-corrected chi connectivity index (χ2v) is 7.14. The molecule has 0 atom stereocenters. The molecule has 0 bridgehead atoms. The number of nitrogens with zero attached hydrogens (tertiary/aromatic N) is 4. The van der Waals surface area contributed by atoms with E-state index in [0.717, 1.165) is 5.75 Å². The van der Waals surface area contributed by atoms with Crippen molar-refractivity contribution in [2.75, 3.05) is 6.61 Å². The third kappa shape index (κ3) is 4.41. The Morgan fingerprint density at radius 3 is 2.41 bits per heavy atom. The van der Waals surface area contributed by atoms with Crippen LogP contribution in [-0.2, 0) is 13.1 Å². The first-order valence-corrected chi connectivity index (χ1v) is 10.0. The highest BCUT2D eigenvalue weighted by Crippen LogP contribution is 2.14. The maximum atomic E-state index is 13.2. The van der Waals surface area contributed by atoms with Gasteiger partial charge in [0.2, 0.25) is 0 Å². The Morgan fingerprint density at radius 1 is 0.938 bits per heavy atom. The number of fused-ring (bicyclic) bond motifs is 1. The Balaban J connectivity index is 1.62. The second kappa shape index (κ2) is 9.25. The molecule has 0 spiro atoms. The van der Waals surface area contributed by atoms with Crippen molar-refractivity contribution in [3.05, 3.63) is 109 Å². The van der Waals surface area contributed by atoms with Crippen molar-refractivity contribution in [1.82, 2.24) is 14.1 Å². The number of benzene rings is 2. The van der Waals surface area contributed by atoms with Crippen LogP contribution < -0.4 is 16.0 Å². The number of pyridine rings is 1. The van der Waals surface area contributed by atoms with Gasteiger partial charge in [-0.05, 0) is 36.2 Å².